The number of amides is 1. The molecule has 4 aromatic rings. The molecule has 1 fully saturated rings. The number of hydrogen-bond donors (Lipinski definition) is 1. The van der Waals surface area contributed by atoms with Crippen LogP contribution in [0.25, 0.3) is 22.2 Å². The molecule has 3 aromatic carbocycles. The molecule has 0 bridgehead atoms. The molecule has 0 aliphatic carbocycles. The van der Waals surface area contributed by atoms with Gasteiger partial charge in [-0.2, -0.15) is 0 Å². The second kappa shape index (κ2) is 9.74. The molecule has 0 unspecified atom stereocenters. The van der Waals surface area contributed by atoms with Gasteiger partial charge in [-0.3, -0.25) is 9.69 Å². The minimum atomic E-state index is -0.170. The second-order valence-corrected chi connectivity index (χ2v) is 9.04. The zero-order valence-corrected chi connectivity index (χ0v) is 19.2. The molecule has 2 heterocycles. The van der Waals surface area contributed by atoms with Gasteiger partial charge in [0, 0.05) is 33.8 Å². The van der Waals surface area contributed by atoms with E-state index in [1.807, 2.05) is 30.3 Å². The third-order valence-electron chi connectivity index (χ3n) is 6.13. The highest BCUT2D eigenvalue weighted by Crippen LogP contribution is 2.25. The lowest BCUT2D eigenvalue weighted by molar-refractivity contribution is 0.102. The third-order valence-corrected chi connectivity index (χ3v) is 6.38. The van der Waals surface area contributed by atoms with Gasteiger partial charge in [-0.05, 0) is 86.1 Å². The highest BCUT2D eigenvalue weighted by atomic mass is 35.5. The normalized spacial score (nSPS) is 14.3. The van der Waals surface area contributed by atoms with Gasteiger partial charge in [0.05, 0.1) is 11.2 Å². The van der Waals surface area contributed by atoms with E-state index in [9.17, 15) is 4.79 Å². The number of fused-ring (bicyclic) bond motifs is 1. The number of benzene rings is 3. The van der Waals surface area contributed by atoms with Gasteiger partial charge in [-0.25, -0.2) is 4.98 Å². The van der Waals surface area contributed by atoms with Crippen LogP contribution in [0.3, 0.4) is 0 Å². The first-order valence-electron chi connectivity index (χ1n) is 11.4. The van der Waals surface area contributed by atoms with Crippen LogP contribution in [0.4, 0.5) is 5.69 Å². The molecule has 1 N–H and O–H groups in total. The number of anilines is 1. The average molecular weight is 456 g/mol. The standard InChI is InChI=1S/C28H26ClN3O/c29-24-11-8-21(9-12-24)28(33)30-25-6-4-5-22(18-25)27-14-10-23-17-20(7-13-26(23)31-27)19-32-15-2-1-3-16-32/h4-14,17-18H,1-3,15-16,19H2,(H,30,33). The molecule has 1 saturated heterocycles. The Bertz CT molecular complexity index is 1280. The van der Waals surface area contributed by atoms with Crippen LogP contribution in [0.1, 0.15) is 35.2 Å². The smallest absolute Gasteiger partial charge is 0.255 e. The van der Waals surface area contributed by atoms with E-state index in [1.165, 1.54) is 37.9 Å². The van der Waals surface area contributed by atoms with E-state index in [0.717, 1.165) is 34.4 Å². The summed E-state index contributed by atoms with van der Waals surface area (Å²) in [5.41, 5.74) is 5.45. The first-order valence-corrected chi connectivity index (χ1v) is 11.8. The highest BCUT2D eigenvalue weighted by Gasteiger charge is 2.11. The van der Waals surface area contributed by atoms with Crippen molar-refractivity contribution in [2.24, 2.45) is 0 Å². The molecule has 1 aromatic heterocycles. The summed E-state index contributed by atoms with van der Waals surface area (Å²) in [4.78, 5) is 20.0. The maximum absolute atomic E-state index is 12.5. The summed E-state index contributed by atoms with van der Waals surface area (Å²) in [7, 11) is 0. The van der Waals surface area contributed by atoms with Gasteiger partial charge < -0.3 is 5.32 Å². The number of halogens is 1. The van der Waals surface area contributed by atoms with Gasteiger partial charge in [0.2, 0.25) is 0 Å². The molecule has 5 rings (SSSR count). The number of pyridine rings is 1. The molecule has 33 heavy (non-hydrogen) atoms. The molecule has 1 amide bonds. The first-order chi connectivity index (χ1) is 16.1. The number of likely N-dealkylation sites (tertiary alicyclic amines) is 1. The number of piperidine rings is 1. The van der Waals surface area contributed by atoms with Crippen molar-refractivity contribution in [3.63, 3.8) is 0 Å². The Morgan fingerprint density at radius 2 is 1.73 bits per heavy atom. The maximum atomic E-state index is 12.5. The maximum Gasteiger partial charge on any atom is 0.255 e. The number of hydrogen-bond acceptors (Lipinski definition) is 3. The van der Waals surface area contributed by atoms with Crippen LogP contribution in [-0.2, 0) is 6.54 Å². The van der Waals surface area contributed by atoms with Crippen molar-refractivity contribution >= 4 is 34.1 Å². The molecule has 0 saturated carbocycles. The van der Waals surface area contributed by atoms with Crippen LogP contribution in [0.2, 0.25) is 5.02 Å². The number of rotatable bonds is 5. The van der Waals surface area contributed by atoms with E-state index >= 15 is 0 Å². The molecule has 0 spiro atoms. The van der Waals surface area contributed by atoms with Crippen molar-refractivity contribution in [3.8, 4) is 11.3 Å². The van der Waals surface area contributed by atoms with E-state index in [2.05, 4.69) is 34.5 Å². The fourth-order valence-corrected chi connectivity index (χ4v) is 4.50. The number of carbonyl (C=O) groups is 1. The van der Waals surface area contributed by atoms with E-state index in [4.69, 9.17) is 16.6 Å². The van der Waals surface area contributed by atoms with E-state index in [0.29, 0.717) is 10.6 Å². The summed E-state index contributed by atoms with van der Waals surface area (Å²) in [6.07, 6.45) is 3.96. The Balaban J connectivity index is 1.33. The molecular weight excluding hydrogens is 430 g/mol. The molecule has 0 atom stereocenters. The van der Waals surface area contributed by atoms with Crippen LogP contribution in [-0.4, -0.2) is 28.9 Å². The van der Waals surface area contributed by atoms with Crippen LogP contribution in [0.5, 0.6) is 0 Å². The molecule has 0 radical (unpaired) electrons. The Labute approximate surface area is 199 Å². The topological polar surface area (TPSA) is 45.2 Å². The van der Waals surface area contributed by atoms with E-state index in [1.54, 1.807) is 24.3 Å². The Hall–Kier alpha value is -3.21. The molecule has 166 valence electrons. The fraction of sp³-hybridized carbons (Fsp3) is 0.214. The predicted molar refractivity (Wildman–Crippen MR) is 136 cm³/mol. The lowest BCUT2D eigenvalue weighted by Crippen LogP contribution is -2.29. The van der Waals surface area contributed by atoms with Crippen molar-refractivity contribution in [3.05, 3.63) is 95.0 Å². The second-order valence-electron chi connectivity index (χ2n) is 8.60. The SMILES string of the molecule is O=C(Nc1cccc(-c2ccc3cc(CN4CCCCC4)ccc3n2)c1)c1ccc(Cl)cc1. The van der Waals surface area contributed by atoms with Gasteiger partial charge in [0.1, 0.15) is 0 Å². The molecule has 1 aliphatic heterocycles. The average Bonchev–Trinajstić information content (AvgIpc) is 2.85. The number of nitrogens with zero attached hydrogens (tertiary/aromatic N) is 2. The minimum absolute atomic E-state index is 0.170. The van der Waals surface area contributed by atoms with E-state index in [-0.39, 0.29) is 5.91 Å². The number of carbonyl (C=O) groups excluding carboxylic acids is 1. The summed E-state index contributed by atoms with van der Waals surface area (Å²) in [6.45, 7) is 3.40. The summed E-state index contributed by atoms with van der Waals surface area (Å²) in [5.74, 6) is -0.170. The largest absolute Gasteiger partial charge is 0.322 e. The minimum Gasteiger partial charge on any atom is -0.322 e. The van der Waals surface area contributed by atoms with Crippen LogP contribution in [0, 0.1) is 0 Å². The van der Waals surface area contributed by atoms with Gasteiger partial charge in [0.15, 0.2) is 0 Å². The fourth-order valence-electron chi connectivity index (χ4n) is 4.37. The highest BCUT2D eigenvalue weighted by molar-refractivity contribution is 6.30. The molecular formula is C28H26ClN3O. The Morgan fingerprint density at radius 1 is 0.909 bits per heavy atom. The van der Waals surface area contributed by atoms with Gasteiger partial charge in [-0.15, -0.1) is 0 Å². The summed E-state index contributed by atoms with van der Waals surface area (Å²) >= 11 is 5.92. The molecule has 1 aliphatic rings. The summed E-state index contributed by atoms with van der Waals surface area (Å²) < 4.78 is 0. The van der Waals surface area contributed by atoms with Crippen LogP contribution < -0.4 is 5.32 Å². The third kappa shape index (κ3) is 5.24. The first kappa shape index (κ1) is 21.6. The van der Waals surface area contributed by atoms with Crippen molar-refractivity contribution in [2.45, 2.75) is 25.8 Å². The predicted octanol–water partition coefficient (Wildman–Crippen LogP) is 6.79. The van der Waals surface area contributed by atoms with Gasteiger partial charge in [0.25, 0.3) is 5.91 Å². The zero-order valence-electron chi connectivity index (χ0n) is 18.4. The van der Waals surface area contributed by atoms with Gasteiger partial charge >= 0.3 is 0 Å². The monoisotopic (exact) mass is 455 g/mol. The van der Waals surface area contributed by atoms with Crippen molar-refractivity contribution in [1.82, 2.24) is 9.88 Å². The van der Waals surface area contributed by atoms with Crippen LogP contribution in [0.15, 0.2) is 78.9 Å². The van der Waals surface area contributed by atoms with Gasteiger partial charge in [-0.1, -0.05) is 42.3 Å². The lowest BCUT2D eigenvalue weighted by Gasteiger charge is -2.26. The van der Waals surface area contributed by atoms with Crippen LogP contribution >= 0.6 is 11.6 Å². The van der Waals surface area contributed by atoms with Crippen molar-refractivity contribution < 1.29 is 4.79 Å². The number of aromatic nitrogens is 1. The molecule has 4 nitrogen and oxygen atoms in total. The summed E-state index contributed by atoms with van der Waals surface area (Å²) in [6, 6.07) is 25.4. The summed E-state index contributed by atoms with van der Waals surface area (Å²) in [5, 5.41) is 4.72. The van der Waals surface area contributed by atoms with Crippen molar-refractivity contribution in [2.75, 3.05) is 18.4 Å². The number of nitrogens with one attached hydrogen (secondary N) is 1. The van der Waals surface area contributed by atoms with E-state index < -0.39 is 0 Å². The zero-order chi connectivity index (χ0) is 22.6. The quantitative estimate of drug-likeness (QED) is 0.360. The molecule has 5 heteroatoms. The Kier molecular flexibility index (Phi) is 6.38. The Morgan fingerprint density at radius 3 is 2.55 bits per heavy atom. The lowest BCUT2D eigenvalue weighted by atomic mass is 10.1. The van der Waals surface area contributed by atoms with Crippen molar-refractivity contribution in [1.29, 1.82) is 0 Å².